The zero-order chi connectivity index (χ0) is 19.7. The number of aromatic nitrogens is 2. The largest absolute Gasteiger partial charge is 0.371 e. The summed E-state index contributed by atoms with van der Waals surface area (Å²) in [6.45, 7) is 5.77. The molecule has 0 saturated heterocycles. The number of hydrogen-bond acceptors (Lipinski definition) is 6. The molecule has 28 heavy (non-hydrogen) atoms. The molecule has 1 atom stereocenters. The second kappa shape index (κ2) is 7.24. The molecule has 0 saturated carbocycles. The first kappa shape index (κ1) is 17.9. The second-order valence-corrected chi connectivity index (χ2v) is 6.84. The van der Waals surface area contributed by atoms with Gasteiger partial charge in [-0.3, -0.25) is 9.88 Å². The van der Waals surface area contributed by atoms with E-state index < -0.39 is 0 Å². The lowest BCUT2D eigenvalue weighted by Crippen LogP contribution is -2.31. The number of hydrogen-bond donors (Lipinski definition) is 2. The minimum atomic E-state index is -0.271. The van der Waals surface area contributed by atoms with E-state index >= 15 is 0 Å². The minimum Gasteiger partial charge on any atom is -0.371 e. The molecule has 1 aliphatic heterocycles. The third kappa shape index (κ3) is 3.03. The molecular weight excluding hydrogens is 350 g/mol. The zero-order valence-electron chi connectivity index (χ0n) is 16.1. The lowest BCUT2D eigenvalue weighted by atomic mass is 10.0. The molecule has 7 nitrogen and oxygen atoms in total. The normalized spacial score (nSPS) is 15.5. The third-order valence-corrected chi connectivity index (χ3v) is 5.11. The molecule has 4 rings (SSSR count). The smallest absolute Gasteiger partial charge is 0.212 e. The van der Waals surface area contributed by atoms with Gasteiger partial charge in [0.2, 0.25) is 5.95 Å². The fourth-order valence-corrected chi connectivity index (χ4v) is 3.73. The average Bonchev–Trinajstić information content (AvgIpc) is 3.06. The third-order valence-electron chi connectivity index (χ3n) is 5.11. The summed E-state index contributed by atoms with van der Waals surface area (Å²) in [4.78, 5) is 11.5. The Bertz CT molecular complexity index is 1090. The highest BCUT2D eigenvalue weighted by Crippen LogP contribution is 2.34. The van der Waals surface area contributed by atoms with Crippen molar-refractivity contribution in [2.24, 2.45) is 10.7 Å². The Morgan fingerprint density at radius 1 is 1.29 bits per heavy atom. The maximum absolute atomic E-state index is 8.89. The lowest BCUT2D eigenvalue weighted by Gasteiger charge is -2.27. The molecule has 7 heteroatoms. The Kier molecular flexibility index (Phi) is 4.62. The van der Waals surface area contributed by atoms with Gasteiger partial charge in [-0.15, -0.1) is 0 Å². The maximum Gasteiger partial charge on any atom is 0.212 e. The van der Waals surface area contributed by atoms with Crippen molar-refractivity contribution in [2.75, 3.05) is 23.3 Å². The SMILES string of the molecule is CCN(CCC#N)c1ccc([C@@H]2N=C(N)Nc3nc4ccccc4n32)c(C)c1. The van der Waals surface area contributed by atoms with E-state index in [0.717, 1.165) is 40.9 Å². The Morgan fingerprint density at radius 2 is 2.11 bits per heavy atom. The molecule has 2 heterocycles. The number of nitrogens with zero attached hydrogens (tertiary/aromatic N) is 5. The number of aryl methyl sites for hydroxylation is 1. The number of rotatable bonds is 5. The predicted octanol–water partition coefficient (Wildman–Crippen LogP) is 3.37. The van der Waals surface area contributed by atoms with Crippen LogP contribution >= 0.6 is 0 Å². The molecule has 0 spiro atoms. The lowest BCUT2D eigenvalue weighted by molar-refractivity contribution is 0.622. The predicted molar refractivity (Wildman–Crippen MR) is 112 cm³/mol. The first-order valence-electron chi connectivity index (χ1n) is 9.42. The number of nitrogens with one attached hydrogen (secondary N) is 1. The average molecular weight is 373 g/mol. The van der Waals surface area contributed by atoms with Crippen molar-refractivity contribution in [3.63, 3.8) is 0 Å². The first-order valence-corrected chi connectivity index (χ1v) is 9.42. The quantitative estimate of drug-likeness (QED) is 0.715. The van der Waals surface area contributed by atoms with Gasteiger partial charge in [0.1, 0.15) is 0 Å². The maximum atomic E-state index is 8.89. The Morgan fingerprint density at radius 3 is 2.86 bits per heavy atom. The summed E-state index contributed by atoms with van der Waals surface area (Å²) in [7, 11) is 0. The Hall–Kier alpha value is -3.53. The molecule has 0 amide bonds. The van der Waals surface area contributed by atoms with Crippen molar-refractivity contribution < 1.29 is 0 Å². The fourth-order valence-electron chi connectivity index (χ4n) is 3.73. The van der Waals surface area contributed by atoms with Crippen LogP contribution in [0.2, 0.25) is 0 Å². The van der Waals surface area contributed by atoms with E-state index in [9.17, 15) is 0 Å². The summed E-state index contributed by atoms with van der Waals surface area (Å²) < 4.78 is 2.08. The summed E-state index contributed by atoms with van der Waals surface area (Å²) in [5.74, 6) is 1.06. The van der Waals surface area contributed by atoms with Gasteiger partial charge in [-0.25, -0.2) is 9.98 Å². The van der Waals surface area contributed by atoms with Gasteiger partial charge in [-0.05, 0) is 43.7 Å². The highest BCUT2D eigenvalue weighted by Gasteiger charge is 2.26. The molecule has 2 aromatic carbocycles. The van der Waals surface area contributed by atoms with E-state index in [0.29, 0.717) is 18.3 Å². The first-order chi connectivity index (χ1) is 13.6. The number of benzene rings is 2. The number of nitrogens with two attached hydrogens (primary N) is 1. The van der Waals surface area contributed by atoms with Crippen molar-refractivity contribution in [3.8, 4) is 6.07 Å². The highest BCUT2D eigenvalue weighted by atomic mass is 15.4. The number of nitriles is 1. The van der Waals surface area contributed by atoms with E-state index in [-0.39, 0.29) is 6.17 Å². The Labute approximate surface area is 164 Å². The van der Waals surface area contributed by atoms with Crippen LogP contribution in [0.3, 0.4) is 0 Å². The van der Waals surface area contributed by atoms with Crippen LogP contribution < -0.4 is 16.0 Å². The second-order valence-electron chi connectivity index (χ2n) is 6.84. The molecular formula is C21H23N7. The van der Waals surface area contributed by atoms with Crippen LogP contribution in [0.1, 0.15) is 30.6 Å². The van der Waals surface area contributed by atoms with Crippen LogP contribution in [-0.2, 0) is 0 Å². The van der Waals surface area contributed by atoms with Crippen LogP contribution in [-0.4, -0.2) is 28.6 Å². The van der Waals surface area contributed by atoms with Crippen LogP contribution in [0.25, 0.3) is 11.0 Å². The molecule has 0 radical (unpaired) electrons. The fraction of sp³-hybridized carbons (Fsp3) is 0.286. The van der Waals surface area contributed by atoms with E-state index in [1.54, 1.807) is 0 Å². The van der Waals surface area contributed by atoms with Crippen molar-refractivity contribution in [2.45, 2.75) is 26.4 Å². The zero-order valence-corrected chi connectivity index (χ0v) is 16.1. The van der Waals surface area contributed by atoms with Gasteiger partial charge in [-0.1, -0.05) is 18.2 Å². The van der Waals surface area contributed by atoms with Gasteiger partial charge in [-0.2, -0.15) is 5.26 Å². The van der Waals surface area contributed by atoms with E-state index in [1.807, 2.05) is 24.3 Å². The van der Waals surface area contributed by atoms with E-state index in [4.69, 9.17) is 11.0 Å². The number of guanidine groups is 1. The Balaban J connectivity index is 1.77. The van der Waals surface area contributed by atoms with Crippen LogP contribution in [0.5, 0.6) is 0 Å². The monoisotopic (exact) mass is 373 g/mol. The van der Waals surface area contributed by atoms with Gasteiger partial charge in [0.15, 0.2) is 12.1 Å². The summed E-state index contributed by atoms with van der Waals surface area (Å²) in [5.41, 5.74) is 11.3. The molecule has 0 bridgehead atoms. The minimum absolute atomic E-state index is 0.271. The molecule has 3 aromatic rings. The van der Waals surface area contributed by atoms with Crippen molar-refractivity contribution >= 4 is 28.6 Å². The van der Waals surface area contributed by atoms with E-state index in [2.05, 4.69) is 62.9 Å². The number of imidazole rings is 1. The molecule has 0 fully saturated rings. The summed E-state index contributed by atoms with van der Waals surface area (Å²) in [6.07, 6.45) is 0.237. The van der Waals surface area contributed by atoms with Gasteiger partial charge in [0.05, 0.1) is 23.5 Å². The number of fused-ring (bicyclic) bond motifs is 3. The highest BCUT2D eigenvalue weighted by molar-refractivity contribution is 5.94. The summed E-state index contributed by atoms with van der Waals surface area (Å²) >= 11 is 0. The van der Waals surface area contributed by atoms with E-state index in [1.165, 1.54) is 0 Å². The molecule has 1 aliphatic rings. The topological polar surface area (TPSA) is 95.3 Å². The van der Waals surface area contributed by atoms with Crippen molar-refractivity contribution in [1.82, 2.24) is 9.55 Å². The van der Waals surface area contributed by atoms with Gasteiger partial charge in [0, 0.05) is 24.3 Å². The standard InChI is InChI=1S/C21H23N7/c1-3-27(12-6-11-22)15-9-10-16(14(2)13-15)19-25-20(23)26-21-24-17-7-4-5-8-18(17)28(19)21/h4-5,7-10,13,19H,3,6,12H2,1-2H3,(H3,23,24,25,26)/t19-/m1/s1. The number of anilines is 2. The van der Waals surface area contributed by atoms with Gasteiger partial charge in [0.25, 0.3) is 0 Å². The van der Waals surface area contributed by atoms with Crippen LogP contribution in [0.15, 0.2) is 47.5 Å². The molecule has 0 aliphatic carbocycles. The molecule has 1 aromatic heterocycles. The number of aliphatic imine (C=N–C) groups is 1. The van der Waals surface area contributed by atoms with Crippen LogP contribution in [0, 0.1) is 18.3 Å². The van der Waals surface area contributed by atoms with Gasteiger partial charge >= 0.3 is 0 Å². The number of para-hydroxylation sites is 2. The molecule has 142 valence electrons. The van der Waals surface area contributed by atoms with Gasteiger partial charge < -0.3 is 10.6 Å². The summed E-state index contributed by atoms with van der Waals surface area (Å²) in [6, 6.07) is 16.6. The summed E-state index contributed by atoms with van der Waals surface area (Å²) in [5, 5.41) is 12.0. The van der Waals surface area contributed by atoms with Crippen molar-refractivity contribution in [1.29, 1.82) is 5.26 Å². The molecule has 0 unspecified atom stereocenters. The van der Waals surface area contributed by atoms with Crippen LogP contribution in [0.4, 0.5) is 11.6 Å². The van der Waals surface area contributed by atoms with Crippen molar-refractivity contribution in [3.05, 3.63) is 53.6 Å². The molecule has 3 N–H and O–H groups in total.